The summed E-state index contributed by atoms with van der Waals surface area (Å²) in [5.41, 5.74) is 2.69. The number of hydrogen-bond acceptors (Lipinski definition) is 2. The van der Waals surface area contributed by atoms with Gasteiger partial charge in [0.2, 0.25) is 0 Å². The average molecular weight is 247 g/mol. The summed E-state index contributed by atoms with van der Waals surface area (Å²) in [6.45, 7) is 5.07. The Balaban J connectivity index is 2.37. The molecular formula is C13H17N3S. The molecule has 3 nitrogen and oxygen atoms in total. The standard InChI is InChI=1S/C13H17N3S/c1-3-10-7-5-6-8-11(10)9-16-12(4-2)14-15-13(16)17/h5-8H,3-4,9H2,1-2H3,(H,15,17). The summed E-state index contributed by atoms with van der Waals surface area (Å²) in [5.74, 6) is 1.01. The van der Waals surface area contributed by atoms with Gasteiger partial charge in [-0.05, 0) is 29.8 Å². The first-order valence-corrected chi connectivity index (χ1v) is 6.38. The Labute approximate surface area is 106 Å². The Hall–Kier alpha value is -1.42. The van der Waals surface area contributed by atoms with E-state index in [4.69, 9.17) is 12.2 Å². The van der Waals surface area contributed by atoms with Gasteiger partial charge in [0, 0.05) is 6.42 Å². The Morgan fingerprint density at radius 3 is 2.53 bits per heavy atom. The van der Waals surface area contributed by atoms with Crippen LogP contribution in [0.15, 0.2) is 24.3 Å². The molecule has 0 bridgehead atoms. The first-order chi connectivity index (χ1) is 8.26. The summed E-state index contributed by atoms with van der Waals surface area (Å²) in [6, 6.07) is 8.49. The van der Waals surface area contributed by atoms with Gasteiger partial charge in [-0.15, -0.1) is 0 Å². The van der Waals surface area contributed by atoms with Crippen molar-refractivity contribution in [1.29, 1.82) is 0 Å². The molecule has 0 atom stereocenters. The molecule has 0 unspecified atom stereocenters. The minimum absolute atomic E-state index is 0.702. The maximum Gasteiger partial charge on any atom is 0.195 e. The second-order valence-corrected chi connectivity index (χ2v) is 4.39. The highest BCUT2D eigenvalue weighted by molar-refractivity contribution is 7.71. The molecular weight excluding hydrogens is 230 g/mol. The molecule has 1 heterocycles. The molecule has 0 aliphatic carbocycles. The van der Waals surface area contributed by atoms with Crippen molar-refractivity contribution in [3.8, 4) is 0 Å². The molecule has 90 valence electrons. The van der Waals surface area contributed by atoms with Gasteiger partial charge in [-0.2, -0.15) is 5.10 Å². The lowest BCUT2D eigenvalue weighted by atomic mass is 10.1. The Morgan fingerprint density at radius 1 is 1.18 bits per heavy atom. The van der Waals surface area contributed by atoms with Crippen LogP contribution in [0.5, 0.6) is 0 Å². The van der Waals surface area contributed by atoms with Gasteiger partial charge in [0.25, 0.3) is 0 Å². The molecule has 2 rings (SSSR count). The summed E-state index contributed by atoms with van der Waals surface area (Å²) in [5, 5.41) is 7.09. The number of aryl methyl sites for hydroxylation is 2. The van der Waals surface area contributed by atoms with E-state index in [1.54, 1.807) is 0 Å². The highest BCUT2D eigenvalue weighted by Crippen LogP contribution is 2.12. The van der Waals surface area contributed by atoms with Crippen LogP contribution in [0.3, 0.4) is 0 Å². The fourth-order valence-corrected chi connectivity index (χ4v) is 2.23. The van der Waals surface area contributed by atoms with Crippen LogP contribution >= 0.6 is 12.2 Å². The Bertz CT molecular complexity index is 554. The van der Waals surface area contributed by atoms with E-state index in [1.807, 2.05) is 0 Å². The van der Waals surface area contributed by atoms with Crippen molar-refractivity contribution in [2.75, 3.05) is 0 Å². The molecule has 4 heteroatoms. The largest absolute Gasteiger partial charge is 0.300 e. The zero-order valence-corrected chi connectivity index (χ0v) is 11.0. The molecule has 17 heavy (non-hydrogen) atoms. The number of aromatic amines is 1. The lowest BCUT2D eigenvalue weighted by molar-refractivity contribution is 0.718. The van der Waals surface area contributed by atoms with E-state index in [0.29, 0.717) is 4.77 Å². The number of H-pyrrole nitrogens is 1. The van der Waals surface area contributed by atoms with Gasteiger partial charge in [-0.3, -0.25) is 9.67 Å². The molecule has 0 spiro atoms. The highest BCUT2D eigenvalue weighted by atomic mass is 32.1. The van der Waals surface area contributed by atoms with Crippen molar-refractivity contribution < 1.29 is 0 Å². The number of aromatic nitrogens is 3. The predicted octanol–water partition coefficient (Wildman–Crippen LogP) is 3.11. The summed E-state index contributed by atoms with van der Waals surface area (Å²) < 4.78 is 2.77. The van der Waals surface area contributed by atoms with Crippen LogP contribution in [0, 0.1) is 4.77 Å². The molecule has 0 aliphatic rings. The van der Waals surface area contributed by atoms with E-state index >= 15 is 0 Å². The van der Waals surface area contributed by atoms with Crippen molar-refractivity contribution in [3.63, 3.8) is 0 Å². The molecule has 0 radical (unpaired) electrons. The van der Waals surface area contributed by atoms with E-state index in [2.05, 4.69) is 52.9 Å². The van der Waals surface area contributed by atoms with E-state index in [-0.39, 0.29) is 0 Å². The average Bonchev–Trinajstić information content (AvgIpc) is 2.71. The minimum atomic E-state index is 0.702. The van der Waals surface area contributed by atoms with E-state index in [1.165, 1.54) is 11.1 Å². The van der Waals surface area contributed by atoms with E-state index in [0.717, 1.165) is 25.2 Å². The second-order valence-electron chi connectivity index (χ2n) is 4.01. The number of nitrogens with one attached hydrogen (secondary N) is 1. The summed E-state index contributed by atoms with van der Waals surface area (Å²) in [4.78, 5) is 0. The molecule has 2 aromatic rings. The van der Waals surface area contributed by atoms with Gasteiger partial charge in [-0.25, -0.2) is 0 Å². The molecule has 0 saturated heterocycles. The van der Waals surface area contributed by atoms with Gasteiger partial charge in [-0.1, -0.05) is 38.1 Å². The number of nitrogens with zero attached hydrogens (tertiary/aromatic N) is 2. The van der Waals surface area contributed by atoms with Crippen molar-refractivity contribution in [2.24, 2.45) is 0 Å². The number of hydrogen-bond donors (Lipinski definition) is 1. The Morgan fingerprint density at radius 2 is 1.88 bits per heavy atom. The minimum Gasteiger partial charge on any atom is -0.300 e. The smallest absolute Gasteiger partial charge is 0.195 e. The second kappa shape index (κ2) is 5.27. The monoisotopic (exact) mass is 247 g/mol. The van der Waals surface area contributed by atoms with E-state index < -0.39 is 0 Å². The number of benzene rings is 1. The fourth-order valence-electron chi connectivity index (χ4n) is 2.01. The van der Waals surface area contributed by atoms with Crippen LogP contribution in [0.25, 0.3) is 0 Å². The van der Waals surface area contributed by atoms with Crippen LogP contribution in [-0.4, -0.2) is 14.8 Å². The third-order valence-corrected chi connectivity index (χ3v) is 3.29. The highest BCUT2D eigenvalue weighted by Gasteiger charge is 2.06. The number of rotatable bonds is 4. The topological polar surface area (TPSA) is 33.6 Å². The molecule has 0 saturated carbocycles. The summed E-state index contributed by atoms with van der Waals surface area (Å²) in [6.07, 6.45) is 1.93. The first-order valence-electron chi connectivity index (χ1n) is 5.97. The third kappa shape index (κ3) is 2.47. The predicted molar refractivity (Wildman–Crippen MR) is 71.7 cm³/mol. The molecule has 0 fully saturated rings. The van der Waals surface area contributed by atoms with Crippen molar-refractivity contribution in [3.05, 3.63) is 46.0 Å². The lowest BCUT2D eigenvalue weighted by Crippen LogP contribution is -2.06. The maximum atomic E-state index is 5.26. The van der Waals surface area contributed by atoms with Crippen LogP contribution in [0.1, 0.15) is 30.8 Å². The van der Waals surface area contributed by atoms with Crippen LogP contribution in [0.2, 0.25) is 0 Å². The first kappa shape index (κ1) is 12.0. The normalized spacial score (nSPS) is 10.7. The lowest BCUT2D eigenvalue weighted by Gasteiger charge is -2.09. The Kier molecular flexibility index (Phi) is 3.74. The zero-order chi connectivity index (χ0) is 12.3. The molecule has 1 aromatic heterocycles. The van der Waals surface area contributed by atoms with Gasteiger partial charge >= 0.3 is 0 Å². The van der Waals surface area contributed by atoms with Gasteiger partial charge < -0.3 is 0 Å². The quantitative estimate of drug-likeness (QED) is 0.842. The molecule has 0 amide bonds. The van der Waals surface area contributed by atoms with Gasteiger partial charge in [0.15, 0.2) is 4.77 Å². The molecule has 0 aliphatic heterocycles. The van der Waals surface area contributed by atoms with Crippen molar-refractivity contribution in [1.82, 2.24) is 14.8 Å². The van der Waals surface area contributed by atoms with Crippen LogP contribution in [-0.2, 0) is 19.4 Å². The van der Waals surface area contributed by atoms with Gasteiger partial charge in [0.1, 0.15) is 5.82 Å². The fraction of sp³-hybridized carbons (Fsp3) is 0.385. The van der Waals surface area contributed by atoms with E-state index in [9.17, 15) is 0 Å². The SMILES string of the molecule is CCc1ccccc1Cn1c(CC)n[nH]c1=S. The maximum absolute atomic E-state index is 5.26. The van der Waals surface area contributed by atoms with Gasteiger partial charge in [0.05, 0.1) is 6.54 Å². The molecule has 1 aromatic carbocycles. The van der Waals surface area contributed by atoms with Crippen LogP contribution < -0.4 is 0 Å². The zero-order valence-electron chi connectivity index (χ0n) is 10.2. The summed E-state index contributed by atoms with van der Waals surface area (Å²) in [7, 11) is 0. The van der Waals surface area contributed by atoms with Crippen molar-refractivity contribution in [2.45, 2.75) is 33.2 Å². The summed E-state index contributed by atoms with van der Waals surface area (Å²) >= 11 is 5.26. The van der Waals surface area contributed by atoms with Crippen LogP contribution in [0.4, 0.5) is 0 Å². The third-order valence-electron chi connectivity index (χ3n) is 2.98. The van der Waals surface area contributed by atoms with Crippen molar-refractivity contribution >= 4 is 12.2 Å². The molecule has 1 N–H and O–H groups in total.